The van der Waals surface area contributed by atoms with Gasteiger partial charge in [-0.3, -0.25) is 9.48 Å². The van der Waals surface area contributed by atoms with Gasteiger partial charge in [0.1, 0.15) is 9.88 Å². The first-order chi connectivity index (χ1) is 10.8. The number of carbonyl (C=O) groups excluding carboxylic acids is 1. The summed E-state index contributed by atoms with van der Waals surface area (Å²) < 4.78 is 1.73. The lowest BCUT2D eigenvalue weighted by atomic mass is 10.0. The molecule has 6 nitrogen and oxygen atoms in total. The van der Waals surface area contributed by atoms with E-state index in [9.17, 15) is 4.79 Å². The van der Waals surface area contributed by atoms with Crippen LogP contribution in [0, 0.1) is 12.8 Å². The standard InChI is InChI=1S/C16H25N5OS.2ClH/c1-10(2)13(17)6-7-20(4)16(22)14-11(3)19-15(23-14)12-8-18-21(5)9-12;;/h8-10,13H,6-7,17H2,1-5H3;2*1H. The molecule has 0 bridgehead atoms. The first-order valence-electron chi connectivity index (χ1n) is 7.77. The predicted octanol–water partition coefficient (Wildman–Crippen LogP) is 3.14. The highest BCUT2D eigenvalue weighted by molar-refractivity contribution is 7.17. The van der Waals surface area contributed by atoms with Gasteiger partial charge in [0.25, 0.3) is 5.91 Å². The van der Waals surface area contributed by atoms with Gasteiger partial charge in [0.05, 0.1) is 11.9 Å². The summed E-state index contributed by atoms with van der Waals surface area (Å²) in [5.41, 5.74) is 7.76. The number of thiazole rings is 1. The molecule has 0 radical (unpaired) electrons. The molecule has 1 unspecified atom stereocenters. The van der Waals surface area contributed by atoms with Gasteiger partial charge in [-0.05, 0) is 19.3 Å². The predicted molar refractivity (Wildman–Crippen MR) is 108 cm³/mol. The largest absolute Gasteiger partial charge is 0.341 e. The van der Waals surface area contributed by atoms with Crippen molar-refractivity contribution in [3.63, 3.8) is 0 Å². The van der Waals surface area contributed by atoms with Gasteiger partial charge < -0.3 is 10.6 Å². The van der Waals surface area contributed by atoms with Crippen LogP contribution in [0.4, 0.5) is 0 Å². The molecule has 25 heavy (non-hydrogen) atoms. The van der Waals surface area contributed by atoms with Crippen LogP contribution in [0.5, 0.6) is 0 Å². The zero-order chi connectivity index (χ0) is 17.1. The Balaban J connectivity index is 0.00000288. The highest BCUT2D eigenvalue weighted by Crippen LogP contribution is 2.28. The summed E-state index contributed by atoms with van der Waals surface area (Å²) in [6.07, 6.45) is 4.46. The van der Waals surface area contributed by atoms with Crippen LogP contribution in [0.1, 0.15) is 35.6 Å². The van der Waals surface area contributed by atoms with Gasteiger partial charge in [0.2, 0.25) is 0 Å². The second-order valence-electron chi connectivity index (χ2n) is 6.26. The van der Waals surface area contributed by atoms with Crippen LogP contribution in [0.2, 0.25) is 0 Å². The molecule has 0 aromatic carbocycles. The van der Waals surface area contributed by atoms with E-state index in [1.165, 1.54) is 11.3 Å². The molecule has 0 fully saturated rings. The third kappa shape index (κ3) is 5.95. The van der Waals surface area contributed by atoms with E-state index in [1.807, 2.05) is 27.2 Å². The Labute approximate surface area is 165 Å². The average Bonchev–Trinajstić information content (AvgIpc) is 3.09. The van der Waals surface area contributed by atoms with Gasteiger partial charge in [-0.1, -0.05) is 13.8 Å². The molecule has 0 aliphatic rings. The molecule has 2 rings (SSSR count). The fraction of sp³-hybridized carbons (Fsp3) is 0.562. The van der Waals surface area contributed by atoms with Crippen LogP contribution in [0.25, 0.3) is 10.6 Å². The minimum absolute atomic E-state index is 0. The Morgan fingerprint density at radius 3 is 2.56 bits per heavy atom. The number of carbonyl (C=O) groups is 1. The van der Waals surface area contributed by atoms with E-state index >= 15 is 0 Å². The van der Waals surface area contributed by atoms with Crippen molar-refractivity contribution >= 4 is 42.1 Å². The van der Waals surface area contributed by atoms with E-state index in [0.29, 0.717) is 17.3 Å². The van der Waals surface area contributed by atoms with E-state index in [1.54, 1.807) is 15.8 Å². The number of aryl methyl sites for hydroxylation is 2. The lowest BCUT2D eigenvalue weighted by Crippen LogP contribution is -2.34. The van der Waals surface area contributed by atoms with E-state index in [2.05, 4.69) is 23.9 Å². The smallest absolute Gasteiger partial charge is 0.265 e. The third-order valence-electron chi connectivity index (χ3n) is 3.94. The zero-order valence-corrected chi connectivity index (χ0v) is 17.7. The summed E-state index contributed by atoms with van der Waals surface area (Å²) in [7, 11) is 3.68. The van der Waals surface area contributed by atoms with E-state index in [4.69, 9.17) is 5.73 Å². The highest BCUT2D eigenvalue weighted by atomic mass is 35.5. The Hall–Kier alpha value is -1.15. The van der Waals surface area contributed by atoms with Crippen LogP contribution < -0.4 is 5.73 Å². The number of hydrogen-bond acceptors (Lipinski definition) is 5. The average molecular weight is 408 g/mol. The van der Waals surface area contributed by atoms with Crippen molar-refractivity contribution in [3.8, 4) is 10.6 Å². The number of amides is 1. The van der Waals surface area contributed by atoms with Crippen LogP contribution in [0.3, 0.4) is 0 Å². The molecule has 2 aromatic heterocycles. The maximum Gasteiger partial charge on any atom is 0.265 e. The van der Waals surface area contributed by atoms with E-state index in [0.717, 1.165) is 22.7 Å². The third-order valence-corrected chi connectivity index (χ3v) is 5.14. The molecule has 2 N–H and O–H groups in total. The molecule has 9 heteroatoms. The fourth-order valence-corrected chi connectivity index (χ4v) is 3.24. The van der Waals surface area contributed by atoms with Gasteiger partial charge in [0, 0.05) is 38.4 Å². The van der Waals surface area contributed by atoms with Gasteiger partial charge in [0.15, 0.2) is 0 Å². The Morgan fingerprint density at radius 2 is 2.04 bits per heavy atom. The van der Waals surface area contributed by atoms with Crippen LogP contribution >= 0.6 is 36.2 Å². The second-order valence-corrected chi connectivity index (χ2v) is 7.26. The molecule has 0 saturated carbocycles. The van der Waals surface area contributed by atoms with Gasteiger partial charge in [-0.15, -0.1) is 36.2 Å². The van der Waals surface area contributed by atoms with Gasteiger partial charge in [-0.2, -0.15) is 5.10 Å². The molecular weight excluding hydrogens is 381 g/mol. The summed E-state index contributed by atoms with van der Waals surface area (Å²) in [6, 6.07) is 0.110. The summed E-state index contributed by atoms with van der Waals surface area (Å²) in [6.45, 7) is 6.72. The molecule has 142 valence electrons. The van der Waals surface area contributed by atoms with Crippen LogP contribution in [-0.4, -0.2) is 45.2 Å². The Morgan fingerprint density at radius 1 is 1.40 bits per heavy atom. The van der Waals surface area contributed by atoms with Crippen molar-refractivity contribution < 1.29 is 4.79 Å². The first kappa shape index (κ1) is 23.9. The maximum atomic E-state index is 12.6. The summed E-state index contributed by atoms with van der Waals surface area (Å²) in [4.78, 5) is 19.6. The summed E-state index contributed by atoms with van der Waals surface area (Å²) in [5.74, 6) is 0.423. The number of hydrogen-bond donors (Lipinski definition) is 1. The molecular formula is C16H27Cl2N5OS. The Kier molecular flexibility index (Phi) is 9.64. The van der Waals surface area contributed by atoms with Crippen LogP contribution in [0.15, 0.2) is 12.4 Å². The molecule has 0 saturated heterocycles. The van der Waals surface area contributed by atoms with Crippen molar-refractivity contribution in [2.45, 2.75) is 33.2 Å². The number of aromatic nitrogens is 3. The normalized spacial score (nSPS) is 11.6. The Bertz CT molecular complexity index is 686. The molecule has 1 atom stereocenters. The maximum absolute atomic E-state index is 12.6. The van der Waals surface area contributed by atoms with Crippen molar-refractivity contribution in [2.24, 2.45) is 18.7 Å². The SMILES string of the molecule is Cc1nc(-c2cnn(C)c2)sc1C(=O)N(C)CCC(N)C(C)C.Cl.Cl. The highest BCUT2D eigenvalue weighted by Gasteiger charge is 2.20. The molecule has 2 aromatic rings. The topological polar surface area (TPSA) is 77.0 Å². The van der Waals surface area contributed by atoms with Gasteiger partial charge >= 0.3 is 0 Å². The second kappa shape index (κ2) is 10.1. The molecule has 1 amide bonds. The first-order valence-corrected chi connectivity index (χ1v) is 8.58. The van der Waals surface area contributed by atoms with Crippen molar-refractivity contribution in [1.29, 1.82) is 0 Å². The molecule has 0 aliphatic carbocycles. The molecule has 0 aliphatic heterocycles. The summed E-state index contributed by atoms with van der Waals surface area (Å²) >= 11 is 1.42. The molecule has 0 spiro atoms. The molecule has 2 heterocycles. The lowest BCUT2D eigenvalue weighted by molar-refractivity contribution is 0.0793. The number of halogens is 2. The van der Waals surface area contributed by atoms with Crippen molar-refractivity contribution in [2.75, 3.05) is 13.6 Å². The van der Waals surface area contributed by atoms with Gasteiger partial charge in [-0.25, -0.2) is 4.98 Å². The van der Waals surface area contributed by atoms with Crippen LogP contribution in [-0.2, 0) is 7.05 Å². The van der Waals surface area contributed by atoms with E-state index in [-0.39, 0.29) is 36.8 Å². The lowest BCUT2D eigenvalue weighted by Gasteiger charge is -2.21. The quantitative estimate of drug-likeness (QED) is 0.797. The van der Waals surface area contributed by atoms with E-state index < -0.39 is 0 Å². The zero-order valence-electron chi connectivity index (χ0n) is 15.2. The number of rotatable bonds is 6. The van der Waals surface area contributed by atoms with Crippen molar-refractivity contribution in [3.05, 3.63) is 23.0 Å². The van der Waals surface area contributed by atoms with Crippen molar-refractivity contribution in [1.82, 2.24) is 19.7 Å². The minimum atomic E-state index is 0. The summed E-state index contributed by atoms with van der Waals surface area (Å²) in [5, 5.41) is 4.98. The fourth-order valence-electron chi connectivity index (χ4n) is 2.20. The number of nitrogens with zero attached hydrogens (tertiary/aromatic N) is 4. The minimum Gasteiger partial charge on any atom is -0.341 e. The number of nitrogens with two attached hydrogens (primary N) is 1. The monoisotopic (exact) mass is 407 g/mol.